The average Bonchev–Trinajstić information content (AvgIpc) is 3.12. The number of aromatic nitrogens is 1. The minimum absolute atomic E-state index is 0.106. The molecule has 1 aromatic carbocycles. The lowest BCUT2D eigenvalue weighted by molar-refractivity contribution is 0.0682. The summed E-state index contributed by atoms with van der Waals surface area (Å²) in [7, 11) is 0. The average molecular weight is 419 g/mol. The smallest absolute Gasteiger partial charge is 0.255 e. The first-order valence-corrected chi connectivity index (χ1v) is 11.5. The van der Waals surface area contributed by atoms with Crippen molar-refractivity contribution < 1.29 is 9.59 Å². The van der Waals surface area contributed by atoms with Crippen molar-refractivity contribution in [2.45, 2.75) is 46.1 Å². The van der Waals surface area contributed by atoms with Gasteiger partial charge < -0.3 is 14.7 Å². The Balaban J connectivity index is 1.41. The van der Waals surface area contributed by atoms with Crippen molar-refractivity contribution in [1.29, 1.82) is 0 Å². The van der Waals surface area contributed by atoms with Crippen LogP contribution in [0.15, 0.2) is 30.5 Å². The molecule has 0 N–H and O–H groups in total. The van der Waals surface area contributed by atoms with Gasteiger partial charge in [-0.3, -0.25) is 9.59 Å². The van der Waals surface area contributed by atoms with Gasteiger partial charge in [0.1, 0.15) is 5.82 Å². The molecule has 1 fully saturated rings. The van der Waals surface area contributed by atoms with E-state index >= 15 is 0 Å². The maximum atomic E-state index is 13.0. The molecule has 3 aliphatic rings. The van der Waals surface area contributed by atoms with Crippen LogP contribution in [0, 0.1) is 5.92 Å². The van der Waals surface area contributed by atoms with Crippen LogP contribution in [0.3, 0.4) is 0 Å². The lowest BCUT2D eigenvalue weighted by Crippen LogP contribution is -2.39. The third-order valence-corrected chi connectivity index (χ3v) is 6.88. The van der Waals surface area contributed by atoms with Gasteiger partial charge in [-0.25, -0.2) is 4.98 Å². The topological polar surface area (TPSA) is 56.8 Å². The molecule has 162 valence electrons. The normalized spacial score (nSPS) is 20.6. The Labute approximate surface area is 183 Å². The first kappa shape index (κ1) is 20.0. The Morgan fingerprint density at radius 2 is 2.03 bits per heavy atom. The van der Waals surface area contributed by atoms with Crippen LogP contribution >= 0.6 is 0 Å². The number of piperidine rings is 1. The SMILES string of the molecule is CCN1Cc2cc(N3CCCc4cc(C(=O)N5CCCC(C)C5)cnc43)ccc2C1=O. The zero-order chi connectivity index (χ0) is 21.5. The van der Waals surface area contributed by atoms with Crippen LogP contribution in [-0.2, 0) is 13.0 Å². The van der Waals surface area contributed by atoms with E-state index in [1.165, 1.54) is 6.42 Å². The Kier molecular flexibility index (Phi) is 5.16. The van der Waals surface area contributed by atoms with E-state index in [1.807, 2.05) is 34.9 Å². The summed E-state index contributed by atoms with van der Waals surface area (Å²) in [5, 5.41) is 0. The van der Waals surface area contributed by atoms with Gasteiger partial charge in [-0.15, -0.1) is 0 Å². The fourth-order valence-electron chi connectivity index (χ4n) is 5.18. The molecule has 1 aromatic heterocycles. The first-order chi connectivity index (χ1) is 15.0. The zero-order valence-corrected chi connectivity index (χ0v) is 18.4. The van der Waals surface area contributed by atoms with Gasteiger partial charge in [0, 0.05) is 50.2 Å². The standard InChI is InChI=1S/C25H30N4O2/c1-3-27-16-20-13-21(8-9-22(20)25(27)31)29-11-5-7-18-12-19(14-26-23(18)29)24(30)28-10-4-6-17(2)15-28/h8-9,12-14,17H,3-7,10-11,15-16H2,1-2H3. The Morgan fingerprint density at radius 3 is 2.84 bits per heavy atom. The van der Waals surface area contributed by atoms with Gasteiger partial charge in [0.15, 0.2) is 0 Å². The molecule has 31 heavy (non-hydrogen) atoms. The Bertz CT molecular complexity index is 1030. The number of benzene rings is 1. The molecular formula is C25H30N4O2. The van der Waals surface area contributed by atoms with Crippen molar-refractivity contribution in [3.05, 3.63) is 52.7 Å². The predicted molar refractivity (Wildman–Crippen MR) is 121 cm³/mol. The molecule has 6 heteroatoms. The summed E-state index contributed by atoms with van der Waals surface area (Å²) in [5.41, 5.74) is 4.80. The largest absolute Gasteiger partial charge is 0.338 e. The summed E-state index contributed by atoms with van der Waals surface area (Å²) in [6.45, 7) is 8.20. The van der Waals surface area contributed by atoms with Crippen molar-refractivity contribution in [2.75, 3.05) is 31.1 Å². The maximum Gasteiger partial charge on any atom is 0.255 e. The predicted octanol–water partition coefficient (Wildman–Crippen LogP) is 4.01. The molecule has 0 saturated carbocycles. The van der Waals surface area contributed by atoms with Gasteiger partial charge in [-0.05, 0) is 73.9 Å². The molecule has 0 aliphatic carbocycles. The van der Waals surface area contributed by atoms with Crippen molar-refractivity contribution in [1.82, 2.24) is 14.8 Å². The second-order valence-electron chi connectivity index (χ2n) is 9.12. The molecule has 1 atom stereocenters. The molecule has 0 spiro atoms. The number of anilines is 2. The third kappa shape index (κ3) is 3.58. The van der Waals surface area contributed by atoms with E-state index in [0.717, 1.165) is 73.6 Å². The Hall–Kier alpha value is -2.89. The number of carbonyl (C=O) groups excluding carboxylic acids is 2. The highest BCUT2D eigenvalue weighted by atomic mass is 16.2. The number of amides is 2. The number of hydrogen-bond acceptors (Lipinski definition) is 4. The fourth-order valence-corrected chi connectivity index (χ4v) is 5.18. The van der Waals surface area contributed by atoms with E-state index in [4.69, 9.17) is 4.98 Å². The quantitative estimate of drug-likeness (QED) is 0.756. The molecule has 2 amide bonds. The van der Waals surface area contributed by atoms with Crippen molar-refractivity contribution in [3.63, 3.8) is 0 Å². The van der Waals surface area contributed by atoms with Gasteiger partial charge in [-0.1, -0.05) is 6.92 Å². The highest BCUT2D eigenvalue weighted by molar-refractivity contribution is 5.99. The third-order valence-electron chi connectivity index (χ3n) is 6.88. The van der Waals surface area contributed by atoms with Gasteiger partial charge in [0.25, 0.3) is 11.8 Å². The lowest BCUT2D eigenvalue weighted by Gasteiger charge is -2.32. The fraction of sp³-hybridized carbons (Fsp3) is 0.480. The van der Waals surface area contributed by atoms with E-state index in [0.29, 0.717) is 18.0 Å². The molecule has 0 bridgehead atoms. The van der Waals surface area contributed by atoms with E-state index in [1.54, 1.807) is 6.20 Å². The van der Waals surface area contributed by atoms with Crippen LogP contribution in [-0.4, -0.2) is 52.8 Å². The summed E-state index contributed by atoms with van der Waals surface area (Å²) >= 11 is 0. The van der Waals surface area contributed by atoms with Gasteiger partial charge in [0.05, 0.1) is 5.56 Å². The van der Waals surface area contributed by atoms with E-state index in [2.05, 4.69) is 17.9 Å². The lowest BCUT2D eigenvalue weighted by atomic mass is 9.98. The second kappa shape index (κ2) is 7.98. The molecule has 5 rings (SSSR count). The molecule has 0 radical (unpaired) electrons. The van der Waals surface area contributed by atoms with E-state index in [-0.39, 0.29) is 11.8 Å². The number of hydrogen-bond donors (Lipinski definition) is 0. The van der Waals surface area contributed by atoms with Gasteiger partial charge >= 0.3 is 0 Å². The van der Waals surface area contributed by atoms with Crippen molar-refractivity contribution in [3.8, 4) is 0 Å². The van der Waals surface area contributed by atoms with Crippen LogP contribution in [0.5, 0.6) is 0 Å². The summed E-state index contributed by atoms with van der Waals surface area (Å²) in [4.78, 5) is 36.3. The number of aryl methyl sites for hydroxylation is 1. The monoisotopic (exact) mass is 418 g/mol. The highest BCUT2D eigenvalue weighted by Crippen LogP contribution is 2.35. The second-order valence-corrected chi connectivity index (χ2v) is 9.12. The number of fused-ring (bicyclic) bond motifs is 2. The maximum absolute atomic E-state index is 13.0. The minimum atomic E-state index is 0.106. The number of nitrogens with zero attached hydrogens (tertiary/aromatic N) is 4. The number of rotatable bonds is 3. The first-order valence-electron chi connectivity index (χ1n) is 11.5. The highest BCUT2D eigenvalue weighted by Gasteiger charge is 2.29. The van der Waals surface area contributed by atoms with Crippen LogP contribution in [0.4, 0.5) is 11.5 Å². The molecule has 1 saturated heterocycles. The van der Waals surface area contributed by atoms with Crippen molar-refractivity contribution in [2.24, 2.45) is 5.92 Å². The van der Waals surface area contributed by atoms with E-state index < -0.39 is 0 Å². The summed E-state index contributed by atoms with van der Waals surface area (Å²) < 4.78 is 0. The van der Waals surface area contributed by atoms with Gasteiger partial charge in [-0.2, -0.15) is 0 Å². The van der Waals surface area contributed by atoms with Crippen LogP contribution in [0.1, 0.15) is 65.0 Å². The summed E-state index contributed by atoms with van der Waals surface area (Å²) in [5.74, 6) is 1.73. The van der Waals surface area contributed by atoms with Gasteiger partial charge in [0.2, 0.25) is 0 Å². The summed E-state index contributed by atoms with van der Waals surface area (Å²) in [6.07, 6.45) is 5.97. The minimum Gasteiger partial charge on any atom is -0.338 e. The molecular weight excluding hydrogens is 388 g/mol. The van der Waals surface area contributed by atoms with Crippen LogP contribution in [0.25, 0.3) is 0 Å². The molecule has 6 nitrogen and oxygen atoms in total. The molecule has 4 heterocycles. The number of likely N-dealkylation sites (tertiary alicyclic amines) is 1. The zero-order valence-electron chi connectivity index (χ0n) is 18.4. The number of carbonyl (C=O) groups is 2. The summed E-state index contributed by atoms with van der Waals surface area (Å²) in [6, 6.07) is 8.16. The number of pyridine rings is 1. The van der Waals surface area contributed by atoms with Crippen LogP contribution in [0.2, 0.25) is 0 Å². The van der Waals surface area contributed by atoms with Crippen molar-refractivity contribution >= 4 is 23.3 Å². The molecule has 3 aliphatic heterocycles. The van der Waals surface area contributed by atoms with Crippen LogP contribution < -0.4 is 4.90 Å². The van der Waals surface area contributed by atoms with E-state index in [9.17, 15) is 9.59 Å². The molecule has 1 unspecified atom stereocenters. The molecule has 2 aromatic rings. The Morgan fingerprint density at radius 1 is 1.16 bits per heavy atom.